The molecule has 2 rings (SSSR count). The Labute approximate surface area is 136 Å². The molecule has 0 bridgehead atoms. The molecule has 1 saturated heterocycles. The van der Waals surface area contributed by atoms with Gasteiger partial charge in [0, 0.05) is 19.1 Å². The van der Waals surface area contributed by atoms with E-state index in [4.69, 9.17) is 0 Å². The lowest BCUT2D eigenvalue weighted by atomic mass is 10.2. The van der Waals surface area contributed by atoms with E-state index in [0.717, 1.165) is 0 Å². The van der Waals surface area contributed by atoms with E-state index < -0.39 is 16.1 Å². The molecule has 2 heterocycles. The summed E-state index contributed by atoms with van der Waals surface area (Å²) < 4.78 is 26.9. The fraction of sp³-hybridized carbons (Fsp3) is 0.643. The fourth-order valence-electron chi connectivity index (χ4n) is 2.36. The summed E-state index contributed by atoms with van der Waals surface area (Å²) >= 11 is 1.18. The Balaban J connectivity index is 2.06. The zero-order valence-corrected chi connectivity index (χ0v) is 14.8. The van der Waals surface area contributed by atoms with Gasteiger partial charge in [-0.3, -0.25) is 4.79 Å². The van der Waals surface area contributed by atoms with Gasteiger partial charge in [0.1, 0.15) is 10.3 Å². The van der Waals surface area contributed by atoms with Crippen molar-refractivity contribution in [2.24, 2.45) is 0 Å². The van der Waals surface area contributed by atoms with Crippen LogP contribution < -0.4 is 5.32 Å². The highest BCUT2D eigenvalue weighted by atomic mass is 32.2. The quantitative estimate of drug-likeness (QED) is 0.834. The van der Waals surface area contributed by atoms with Crippen molar-refractivity contribution in [3.8, 4) is 0 Å². The number of likely N-dealkylation sites (N-methyl/N-ethyl adjacent to an activating group) is 1. The molecular weight excluding hydrogens is 322 g/mol. The average molecular weight is 345 g/mol. The van der Waals surface area contributed by atoms with Crippen molar-refractivity contribution < 1.29 is 13.2 Å². The minimum Gasteiger partial charge on any atom is -0.353 e. The van der Waals surface area contributed by atoms with E-state index in [-0.39, 0.29) is 11.9 Å². The van der Waals surface area contributed by atoms with Crippen molar-refractivity contribution in [2.45, 2.75) is 36.1 Å². The van der Waals surface area contributed by atoms with Crippen LogP contribution in [-0.2, 0) is 14.8 Å². The summed E-state index contributed by atoms with van der Waals surface area (Å²) in [5.74, 6) is -0.202. The molecule has 1 aromatic heterocycles. The summed E-state index contributed by atoms with van der Waals surface area (Å²) in [5.41, 5.74) is 0. The zero-order chi connectivity index (χ0) is 16.3. The van der Waals surface area contributed by atoms with Gasteiger partial charge in [0.05, 0.1) is 0 Å². The Morgan fingerprint density at radius 2 is 2.27 bits per heavy atom. The van der Waals surface area contributed by atoms with E-state index in [9.17, 15) is 13.2 Å². The van der Waals surface area contributed by atoms with Crippen LogP contribution in [0.3, 0.4) is 0 Å². The van der Waals surface area contributed by atoms with Crippen LogP contribution in [-0.4, -0.2) is 62.8 Å². The van der Waals surface area contributed by atoms with E-state index >= 15 is 0 Å². The molecule has 0 aromatic carbocycles. The van der Waals surface area contributed by atoms with E-state index in [1.54, 1.807) is 17.5 Å². The number of carbonyl (C=O) groups excluding carboxylic acids is 1. The number of nitrogens with zero attached hydrogens (tertiary/aromatic N) is 2. The van der Waals surface area contributed by atoms with Crippen LogP contribution in [0.5, 0.6) is 0 Å². The predicted octanol–water partition coefficient (Wildman–Crippen LogP) is 0.968. The third-order valence-electron chi connectivity index (χ3n) is 4.02. The number of amides is 1. The van der Waals surface area contributed by atoms with Gasteiger partial charge < -0.3 is 10.2 Å². The third kappa shape index (κ3) is 3.68. The molecule has 124 valence electrons. The van der Waals surface area contributed by atoms with Crippen molar-refractivity contribution in [2.75, 3.05) is 27.2 Å². The predicted molar refractivity (Wildman–Crippen MR) is 87.4 cm³/mol. The molecule has 1 aliphatic rings. The van der Waals surface area contributed by atoms with Gasteiger partial charge >= 0.3 is 0 Å². The first-order chi connectivity index (χ1) is 10.3. The Morgan fingerprint density at radius 3 is 2.86 bits per heavy atom. The third-order valence-corrected chi connectivity index (χ3v) is 7.30. The van der Waals surface area contributed by atoms with E-state index in [1.807, 2.05) is 25.9 Å². The monoisotopic (exact) mass is 345 g/mol. The van der Waals surface area contributed by atoms with Crippen LogP contribution in [0, 0.1) is 0 Å². The van der Waals surface area contributed by atoms with Crippen LogP contribution in [0.1, 0.15) is 19.8 Å². The summed E-state index contributed by atoms with van der Waals surface area (Å²) in [5, 5.41) is 4.60. The number of hydrogen-bond donors (Lipinski definition) is 1. The minimum atomic E-state index is -3.56. The maximum absolute atomic E-state index is 12.6. The largest absolute Gasteiger partial charge is 0.353 e. The topological polar surface area (TPSA) is 69.7 Å². The van der Waals surface area contributed by atoms with Crippen LogP contribution in [0.25, 0.3) is 0 Å². The standard InChI is InChI=1S/C14H23N3O3S2/c1-11(16(2)3)10-15-14(18)12-6-4-8-17(12)22(19,20)13-7-5-9-21-13/h5,7,9,11-12H,4,6,8,10H2,1-3H3,(H,15,18)/t11-,12+/m1/s1. The average Bonchev–Trinajstić information content (AvgIpc) is 3.14. The first kappa shape index (κ1) is 17.4. The summed E-state index contributed by atoms with van der Waals surface area (Å²) in [6, 6.07) is 2.90. The first-order valence-electron chi connectivity index (χ1n) is 7.33. The van der Waals surface area contributed by atoms with E-state index in [1.165, 1.54) is 15.6 Å². The second-order valence-electron chi connectivity index (χ2n) is 5.76. The molecule has 1 aliphatic heterocycles. The molecule has 2 atom stereocenters. The molecule has 0 saturated carbocycles. The fourth-order valence-corrected chi connectivity index (χ4v) is 5.14. The maximum Gasteiger partial charge on any atom is 0.253 e. The Morgan fingerprint density at radius 1 is 1.55 bits per heavy atom. The Hall–Kier alpha value is -0.960. The van der Waals surface area contributed by atoms with Crippen molar-refractivity contribution >= 4 is 27.3 Å². The maximum atomic E-state index is 12.6. The molecule has 0 aliphatic carbocycles. The molecular formula is C14H23N3O3S2. The van der Waals surface area contributed by atoms with Crippen LogP contribution in [0.15, 0.2) is 21.7 Å². The molecule has 1 fully saturated rings. The number of sulfonamides is 1. The second-order valence-corrected chi connectivity index (χ2v) is 8.83. The lowest BCUT2D eigenvalue weighted by Crippen LogP contribution is -2.48. The zero-order valence-electron chi connectivity index (χ0n) is 13.2. The lowest BCUT2D eigenvalue weighted by molar-refractivity contribution is -0.124. The van der Waals surface area contributed by atoms with Crippen molar-refractivity contribution in [3.63, 3.8) is 0 Å². The van der Waals surface area contributed by atoms with Crippen LogP contribution >= 0.6 is 11.3 Å². The van der Waals surface area contributed by atoms with Gasteiger partial charge in [-0.15, -0.1) is 11.3 Å². The number of rotatable bonds is 6. The molecule has 0 radical (unpaired) electrons. The highest BCUT2D eigenvalue weighted by Crippen LogP contribution is 2.28. The molecule has 1 aromatic rings. The van der Waals surface area contributed by atoms with Crippen molar-refractivity contribution in [1.29, 1.82) is 0 Å². The molecule has 22 heavy (non-hydrogen) atoms. The van der Waals surface area contributed by atoms with Gasteiger partial charge in [0.15, 0.2) is 0 Å². The van der Waals surface area contributed by atoms with Gasteiger partial charge in [0.2, 0.25) is 5.91 Å². The second kappa shape index (κ2) is 7.08. The number of nitrogens with one attached hydrogen (secondary N) is 1. The molecule has 1 N–H and O–H groups in total. The normalized spacial score (nSPS) is 21.2. The summed E-state index contributed by atoms with van der Waals surface area (Å²) in [4.78, 5) is 14.4. The van der Waals surface area contributed by atoms with E-state index in [2.05, 4.69) is 5.32 Å². The molecule has 8 heteroatoms. The summed E-state index contributed by atoms with van der Waals surface area (Å²) in [6.45, 7) is 2.92. The van der Waals surface area contributed by atoms with Crippen LogP contribution in [0.2, 0.25) is 0 Å². The molecule has 1 amide bonds. The number of thiophene rings is 1. The van der Waals surface area contributed by atoms with E-state index in [0.29, 0.717) is 30.1 Å². The van der Waals surface area contributed by atoms with Crippen LogP contribution in [0.4, 0.5) is 0 Å². The SMILES string of the molecule is C[C@H](CNC(=O)[C@@H]1CCCN1S(=O)(=O)c1cccs1)N(C)C. The Bertz CT molecular complexity index is 599. The lowest BCUT2D eigenvalue weighted by Gasteiger charge is -2.25. The van der Waals surface area contributed by atoms with Crippen molar-refractivity contribution in [1.82, 2.24) is 14.5 Å². The smallest absolute Gasteiger partial charge is 0.253 e. The van der Waals surface area contributed by atoms with Gasteiger partial charge in [-0.1, -0.05) is 6.07 Å². The first-order valence-corrected chi connectivity index (χ1v) is 9.65. The molecule has 0 spiro atoms. The summed E-state index contributed by atoms with van der Waals surface area (Å²) in [7, 11) is 0.325. The van der Waals surface area contributed by atoms with Gasteiger partial charge in [-0.25, -0.2) is 8.42 Å². The van der Waals surface area contributed by atoms with Gasteiger partial charge in [-0.2, -0.15) is 4.31 Å². The highest BCUT2D eigenvalue weighted by molar-refractivity contribution is 7.91. The minimum absolute atomic E-state index is 0.202. The number of carbonyl (C=O) groups is 1. The molecule has 0 unspecified atom stereocenters. The Kier molecular flexibility index (Phi) is 5.60. The van der Waals surface area contributed by atoms with Gasteiger partial charge in [-0.05, 0) is 45.3 Å². The van der Waals surface area contributed by atoms with Gasteiger partial charge in [0.25, 0.3) is 10.0 Å². The summed E-state index contributed by atoms with van der Waals surface area (Å²) in [6.07, 6.45) is 1.29. The molecule has 6 nitrogen and oxygen atoms in total. The van der Waals surface area contributed by atoms with Crippen molar-refractivity contribution in [3.05, 3.63) is 17.5 Å². The number of hydrogen-bond acceptors (Lipinski definition) is 5. The highest BCUT2D eigenvalue weighted by Gasteiger charge is 2.39.